The number of benzene rings is 1. The monoisotopic (exact) mass is 274 g/mol. The van der Waals surface area contributed by atoms with E-state index in [-0.39, 0.29) is 36.0 Å². The third-order valence-corrected chi connectivity index (χ3v) is 2.42. The van der Waals surface area contributed by atoms with Crippen LogP contribution in [0.3, 0.4) is 0 Å². The van der Waals surface area contributed by atoms with Gasteiger partial charge in [-0.1, -0.05) is 12.1 Å². The van der Waals surface area contributed by atoms with Crippen LogP contribution in [0.5, 0.6) is 0 Å². The average molecular weight is 274 g/mol. The topological polar surface area (TPSA) is 130 Å². The molecule has 1 aromatic heterocycles. The average Bonchev–Trinajstić information content (AvgIpc) is 2.88. The normalized spacial score (nSPS) is 10.0. The van der Waals surface area contributed by atoms with Gasteiger partial charge >= 0.3 is 0 Å². The van der Waals surface area contributed by atoms with Crippen LogP contribution < -0.4 is 5.32 Å². The van der Waals surface area contributed by atoms with Crippen LogP contribution in [-0.2, 0) is 0 Å². The Labute approximate surface area is 113 Å². The summed E-state index contributed by atoms with van der Waals surface area (Å²) in [5.74, 6) is 0.166. The second kappa shape index (κ2) is 5.77. The minimum absolute atomic E-state index is 0.00315. The minimum Gasteiger partial charge on any atom is -0.395 e. The number of nitrogens with zero attached hydrogens (tertiary/aromatic N) is 5. The predicted molar refractivity (Wildman–Crippen MR) is 68.3 cm³/mol. The van der Waals surface area contributed by atoms with E-state index in [2.05, 4.69) is 15.5 Å². The number of aliphatic hydroxyl groups is 1. The number of aromatic nitrogens is 3. The van der Waals surface area contributed by atoms with Gasteiger partial charge in [-0.15, -0.1) is 15.0 Å². The van der Waals surface area contributed by atoms with Crippen LogP contribution in [-0.4, -0.2) is 38.2 Å². The second-order valence-corrected chi connectivity index (χ2v) is 3.69. The summed E-state index contributed by atoms with van der Waals surface area (Å²) in [6.45, 7) is 0.0630. The van der Waals surface area contributed by atoms with E-state index in [4.69, 9.17) is 10.4 Å². The molecule has 9 nitrogen and oxygen atoms in total. The molecule has 0 fully saturated rings. The molecule has 0 spiro atoms. The summed E-state index contributed by atoms with van der Waals surface area (Å²) >= 11 is 0. The largest absolute Gasteiger partial charge is 0.395 e. The molecule has 0 radical (unpaired) electrons. The second-order valence-electron chi connectivity index (χ2n) is 3.69. The van der Waals surface area contributed by atoms with Gasteiger partial charge in [0.1, 0.15) is 6.07 Å². The highest BCUT2D eigenvalue weighted by Gasteiger charge is 2.18. The van der Waals surface area contributed by atoms with E-state index < -0.39 is 4.92 Å². The fraction of sp³-hybridized carbons (Fsp3) is 0.182. The van der Waals surface area contributed by atoms with Crippen molar-refractivity contribution in [2.75, 3.05) is 18.5 Å². The first-order chi connectivity index (χ1) is 9.67. The molecule has 9 heteroatoms. The summed E-state index contributed by atoms with van der Waals surface area (Å²) in [5.41, 5.74) is -0.0108. The number of nitrogens with one attached hydrogen (secondary N) is 1. The molecular formula is C11H10N6O3. The summed E-state index contributed by atoms with van der Waals surface area (Å²) < 4.78 is 0. The molecule has 0 aliphatic carbocycles. The van der Waals surface area contributed by atoms with Gasteiger partial charge in [-0.25, -0.2) is 0 Å². The van der Waals surface area contributed by atoms with Crippen molar-refractivity contribution in [1.82, 2.24) is 15.0 Å². The Kier molecular flexibility index (Phi) is 3.88. The number of anilines is 1. The van der Waals surface area contributed by atoms with E-state index in [9.17, 15) is 10.1 Å². The zero-order valence-corrected chi connectivity index (χ0v) is 10.2. The summed E-state index contributed by atoms with van der Waals surface area (Å²) in [6, 6.07) is 7.78. The highest BCUT2D eigenvalue weighted by molar-refractivity contribution is 5.53. The van der Waals surface area contributed by atoms with Crippen LogP contribution in [0.15, 0.2) is 24.3 Å². The molecule has 2 N–H and O–H groups in total. The SMILES string of the molecule is N#Cc1nn(-c2ccccc2[N+](=O)[O-])nc1NCCO. The van der Waals surface area contributed by atoms with Crippen molar-refractivity contribution in [2.45, 2.75) is 0 Å². The van der Waals surface area contributed by atoms with Crippen LogP contribution in [0.4, 0.5) is 11.5 Å². The van der Waals surface area contributed by atoms with Gasteiger partial charge in [0.2, 0.25) is 5.69 Å². The number of nitro groups is 1. The fourth-order valence-electron chi connectivity index (χ4n) is 1.57. The first-order valence-electron chi connectivity index (χ1n) is 5.63. The zero-order chi connectivity index (χ0) is 14.5. The van der Waals surface area contributed by atoms with Gasteiger partial charge in [-0.05, 0) is 6.07 Å². The molecule has 20 heavy (non-hydrogen) atoms. The van der Waals surface area contributed by atoms with Crippen molar-refractivity contribution in [1.29, 1.82) is 5.26 Å². The van der Waals surface area contributed by atoms with E-state index >= 15 is 0 Å². The van der Waals surface area contributed by atoms with Crippen molar-refractivity contribution < 1.29 is 10.0 Å². The van der Waals surface area contributed by atoms with Crippen LogP contribution in [0.1, 0.15) is 5.69 Å². The lowest BCUT2D eigenvalue weighted by molar-refractivity contribution is -0.384. The van der Waals surface area contributed by atoms with Gasteiger partial charge in [0.15, 0.2) is 11.5 Å². The fourth-order valence-corrected chi connectivity index (χ4v) is 1.57. The van der Waals surface area contributed by atoms with Crippen LogP contribution >= 0.6 is 0 Å². The molecule has 1 heterocycles. The number of hydrogen-bond donors (Lipinski definition) is 2. The molecule has 2 aromatic rings. The number of aliphatic hydroxyl groups excluding tert-OH is 1. The lowest BCUT2D eigenvalue weighted by Crippen LogP contribution is -2.07. The Morgan fingerprint density at radius 1 is 1.45 bits per heavy atom. The van der Waals surface area contributed by atoms with E-state index in [0.717, 1.165) is 4.80 Å². The Morgan fingerprint density at radius 2 is 2.20 bits per heavy atom. The van der Waals surface area contributed by atoms with Crippen molar-refractivity contribution in [2.24, 2.45) is 0 Å². The predicted octanol–water partition coefficient (Wildman–Crippen LogP) is 0.451. The van der Waals surface area contributed by atoms with E-state index in [0.29, 0.717) is 0 Å². The Hall–Kier alpha value is -2.99. The lowest BCUT2D eigenvalue weighted by Gasteiger charge is -2.00. The van der Waals surface area contributed by atoms with Crippen molar-refractivity contribution in [3.05, 3.63) is 40.1 Å². The molecule has 102 valence electrons. The Balaban J connectivity index is 2.46. The first-order valence-corrected chi connectivity index (χ1v) is 5.63. The lowest BCUT2D eigenvalue weighted by atomic mass is 10.3. The van der Waals surface area contributed by atoms with Crippen LogP contribution in [0, 0.1) is 21.4 Å². The molecule has 0 saturated heterocycles. The smallest absolute Gasteiger partial charge is 0.296 e. The molecule has 0 aliphatic rings. The van der Waals surface area contributed by atoms with Gasteiger partial charge < -0.3 is 10.4 Å². The molecule has 0 unspecified atom stereocenters. The number of nitriles is 1. The maximum atomic E-state index is 11.0. The van der Waals surface area contributed by atoms with Crippen molar-refractivity contribution >= 4 is 11.5 Å². The van der Waals surface area contributed by atoms with Gasteiger partial charge in [0.25, 0.3) is 5.69 Å². The standard InChI is InChI=1S/C11H10N6O3/c12-7-8-11(13-5-6-18)15-16(14-8)9-3-1-2-4-10(9)17(19)20/h1-4,18H,5-6H2,(H,13,15). The number of para-hydroxylation sites is 2. The van der Waals surface area contributed by atoms with Gasteiger partial charge in [-0.3, -0.25) is 10.1 Å². The quantitative estimate of drug-likeness (QED) is 0.597. The number of hydrogen-bond acceptors (Lipinski definition) is 7. The summed E-state index contributed by atoms with van der Waals surface area (Å²) in [7, 11) is 0. The van der Waals surface area contributed by atoms with Crippen LogP contribution in [0.25, 0.3) is 5.69 Å². The van der Waals surface area contributed by atoms with Crippen molar-refractivity contribution in [3.63, 3.8) is 0 Å². The van der Waals surface area contributed by atoms with Crippen molar-refractivity contribution in [3.8, 4) is 11.8 Å². The molecule has 1 aromatic carbocycles. The van der Waals surface area contributed by atoms with E-state index in [1.165, 1.54) is 18.2 Å². The summed E-state index contributed by atoms with van der Waals surface area (Å²) in [4.78, 5) is 11.4. The molecule has 0 saturated carbocycles. The Bertz CT molecular complexity index is 675. The molecule has 0 aliphatic heterocycles. The van der Waals surface area contributed by atoms with Gasteiger partial charge in [0.05, 0.1) is 11.5 Å². The molecule has 0 atom stereocenters. The van der Waals surface area contributed by atoms with Crippen LogP contribution in [0.2, 0.25) is 0 Å². The molecule has 0 bridgehead atoms. The van der Waals surface area contributed by atoms with Gasteiger partial charge in [-0.2, -0.15) is 5.26 Å². The minimum atomic E-state index is -0.550. The highest BCUT2D eigenvalue weighted by atomic mass is 16.6. The van der Waals surface area contributed by atoms with Gasteiger partial charge in [0, 0.05) is 12.6 Å². The third kappa shape index (κ3) is 2.55. The summed E-state index contributed by atoms with van der Waals surface area (Å²) in [5, 5.41) is 39.2. The third-order valence-electron chi connectivity index (χ3n) is 2.42. The molecule has 2 rings (SSSR count). The number of rotatable bonds is 5. The van der Waals surface area contributed by atoms with E-state index in [1.54, 1.807) is 6.07 Å². The maximum absolute atomic E-state index is 11.0. The number of nitro benzene ring substituents is 1. The highest BCUT2D eigenvalue weighted by Crippen LogP contribution is 2.22. The zero-order valence-electron chi connectivity index (χ0n) is 10.2. The molecular weight excluding hydrogens is 264 g/mol. The maximum Gasteiger partial charge on any atom is 0.296 e. The molecule has 0 amide bonds. The first kappa shape index (κ1) is 13.4. The summed E-state index contributed by atoms with van der Waals surface area (Å²) in [6.07, 6.45) is 0. The van der Waals surface area contributed by atoms with E-state index in [1.807, 2.05) is 6.07 Å². The Morgan fingerprint density at radius 3 is 2.85 bits per heavy atom.